The smallest absolute Gasteiger partial charge is 0.123 e. The van der Waals surface area contributed by atoms with Crippen LogP contribution in [-0.4, -0.2) is 73.3 Å². The van der Waals surface area contributed by atoms with Crippen LogP contribution in [0.15, 0.2) is 237 Å². The van der Waals surface area contributed by atoms with Crippen molar-refractivity contribution in [3.63, 3.8) is 0 Å². The number of rotatable bonds is 26. The third kappa shape index (κ3) is 14.3. The van der Waals surface area contributed by atoms with Gasteiger partial charge in [-0.3, -0.25) is 0 Å². The first kappa shape index (κ1) is 55.1. The Morgan fingerprint density at radius 2 is 0.500 bits per heavy atom. The molecule has 0 saturated heterocycles. The molecule has 0 atom stereocenters. The van der Waals surface area contributed by atoms with E-state index in [4.69, 9.17) is 37.9 Å². The minimum Gasteiger partial charge on any atom is -0.508 e. The molecule has 82 heavy (non-hydrogen) atoms. The molecule has 10 aromatic rings. The van der Waals surface area contributed by atoms with Crippen molar-refractivity contribution < 1.29 is 58.3 Å². The standard InChI is InChI=1S/C70H62O12/c1-70(55-15-7-50(8-16-55)49-5-3-2-4-6-49,66-47-53(13-37-68(66)81-45-43-79-64-33-21-58(73)22-34-64)51-9-25-60(26-10-51)75-39-41-77-62-29-17-56(71)18-30-62)67-48-54(14-38-69(67)82-46-44-80-65-35-23-59(74)24-36-65)52-11-27-61(28-12-52)76-40-42-78-63-31-19-57(72)20-32-63/h2-38,47-48,71-74H,39-46H2,1H3. The number of benzene rings is 10. The van der Waals surface area contributed by atoms with Crippen molar-refractivity contribution >= 4 is 0 Å². The van der Waals surface area contributed by atoms with Gasteiger partial charge in [0.2, 0.25) is 0 Å². The van der Waals surface area contributed by atoms with E-state index in [1.165, 1.54) is 0 Å². The van der Waals surface area contributed by atoms with Crippen molar-refractivity contribution in [1.29, 1.82) is 0 Å². The highest BCUT2D eigenvalue weighted by atomic mass is 16.5. The summed E-state index contributed by atoms with van der Waals surface area (Å²) in [5.41, 5.74) is 7.60. The van der Waals surface area contributed by atoms with Crippen molar-refractivity contribution in [3.8, 4) is 102 Å². The molecule has 12 heteroatoms. The number of phenols is 4. The topological polar surface area (TPSA) is 155 Å². The zero-order valence-electron chi connectivity index (χ0n) is 45.2. The van der Waals surface area contributed by atoms with Crippen LogP contribution >= 0.6 is 0 Å². The van der Waals surface area contributed by atoms with Crippen molar-refractivity contribution in [3.05, 3.63) is 253 Å². The molecular weight excluding hydrogens is 1030 g/mol. The Bertz CT molecular complexity index is 3390. The van der Waals surface area contributed by atoms with Gasteiger partial charge in [0.1, 0.15) is 122 Å². The molecule has 0 saturated carbocycles. The van der Waals surface area contributed by atoms with Gasteiger partial charge < -0.3 is 58.3 Å². The summed E-state index contributed by atoms with van der Waals surface area (Å²) in [6.45, 7) is 4.34. The predicted molar refractivity (Wildman–Crippen MR) is 318 cm³/mol. The molecule has 10 rings (SSSR count). The monoisotopic (exact) mass is 1090 g/mol. The van der Waals surface area contributed by atoms with E-state index in [0.717, 1.165) is 50.1 Å². The summed E-state index contributed by atoms with van der Waals surface area (Å²) in [6, 6.07) is 73.7. The predicted octanol–water partition coefficient (Wildman–Crippen LogP) is 14.7. The van der Waals surface area contributed by atoms with Gasteiger partial charge in [-0.25, -0.2) is 0 Å². The highest BCUT2D eigenvalue weighted by Crippen LogP contribution is 2.49. The molecule has 0 aliphatic carbocycles. The van der Waals surface area contributed by atoms with E-state index in [2.05, 4.69) is 67.6 Å². The fourth-order valence-electron chi connectivity index (χ4n) is 9.45. The summed E-state index contributed by atoms with van der Waals surface area (Å²) in [5.74, 6) is 5.75. The summed E-state index contributed by atoms with van der Waals surface area (Å²) < 4.78 is 49.7. The van der Waals surface area contributed by atoms with Gasteiger partial charge in [0.25, 0.3) is 0 Å². The average molecular weight is 1100 g/mol. The van der Waals surface area contributed by atoms with E-state index in [0.29, 0.717) is 72.4 Å². The van der Waals surface area contributed by atoms with Crippen LogP contribution in [0, 0.1) is 0 Å². The molecule has 0 fully saturated rings. The number of ether oxygens (including phenoxy) is 8. The molecule has 0 spiro atoms. The Labute approximate surface area is 477 Å². The molecule has 0 aliphatic heterocycles. The molecular formula is C70H62O12. The largest absolute Gasteiger partial charge is 0.508 e. The van der Waals surface area contributed by atoms with Crippen molar-refractivity contribution in [2.45, 2.75) is 12.3 Å². The average Bonchev–Trinajstić information content (AvgIpc) is 3.59. The molecule has 0 bridgehead atoms. The molecule has 0 radical (unpaired) electrons. The highest BCUT2D eigenvalue weighted by Gasteiger charge is 2.38. The van der Waals surface area contributed by atoms with Crippen molar-refractivity contribution in [2.24, 2.45) is 0 Å². The van der Waals surface area contributed by atoms with Gasteiger partial charge >= 0.3 is 0 Å². The second kappa shape index (κ2) is 26.6. The van der Waals surface area contributed by atoms with Crippen LogP contribution in [0.25, 0.3) is 33.4 Å². The fourth-order valence-corrected chi connectivity index (χ4v) is 9.45. The Kier molecular flexibility index (Phi) is 17.9. The number of phenolic OH excluding ortho intramolecular Hbond substituents is 4. The first-order chi connectivity index (χ1) is 40.1. The Morgan fingerprint density at radius 1 is 0.256 bits per heavy atom. The second-order valence-electron chi connectivity index (χ2n) is 19.3. The lowest BCUT2D eigenvalue weighted by Crippen LogP contribution is -2.28. The second-order valence-corrected chi connectivity index (χ2v) is 19.3. The van der Waals surface area contributed by atoms with E-state index in [9.17, 15) is 20.4 Å². The molecule has 0 aliphatic rings. The maximum atomic E-state index is 9.92. The third-order valence-corrected chi connectivity index (χ3v) is 13.8. The first-order valence-corrected chi connectivity index (χ1v) is 27.0. The van der Waals surface area contributed by atoms with E-state index < -0.39 is 5.41 Å². The van der Waals surface area contributed by atoms with Crippen molar-refractivity contribution in [2.75, 3.05) is 52.9 Å². The number of hydrogen-bond donors (Lipinski definition) is 4. The summed E-state index contributed by atoms with van der Waals surface area (Å²) >= 11 is 0. The zero-order chi connectivity index (χ0) is 56.5. The van der Waals surface area contributed by atoms with Gasteiger partial charge in [-0.1, -0.05) is 91.0 Å². The molecule has 4 N–H and O–H groups in total. The lowest BCUT2D eigenvalue weighted by molar-refractivity contribution is 0.212. The molecule has 12 nitrogen and oxygen atoms in total. The minimum atomic E-state index is -0.983. The molecule has 0 heterocycles. The summed E-state index contributed by atoms with van der Waals surface area (Å²) in [7, 11) is 0. The molecule has 0 unspecified atom stereocenters. The van der Waals surface area contributed by atoms with E-state index in [1.807, 2.05) is 78.9 Å². The minimum absolute atomic E-state index is 0.149. The Morgan fingerprint density at radius 3 is 0.817 bits per heavy atom. The molecule has 0 amide bonds. The first-order valence-electron chi connectivity index (χ1n) is 27.0. The fraction of sp³-hybridized carbons (Fsp3) is 0.143. The van der Waals surface area contributed by atoms with Crippen LogP contribution in [0.4, 0.5) is 0 Å². The summed E-state index contributed by atoms with van der Waals surface area (Å²) in [4.78, 5) is 0. The van der Waals surface area contributed by atoms with Crippen LogP contribution in [-0.2, 0) is 5.41 Å². The van der Waals surface area contributed by atoms with Crippen LogP contribution < -0.4 is 37.9 Å². The molecule has 414 valence electrons. The van der Waals surface area contributed by atoms with Gasteiger partial charge in [0.05, 0.1) is 0 Å². The van der Waals surface area contributed by atoms with E-state index in [-0.39, 0.29) is 49.4 Å². The summed E-state index contributed by atoms with van der Waals surface area (Å²) in [6.07, 6.45) is 0. The molecule has 10 aromatic carbocycles. The highest BCUT2D eigenvalue weighted by molar-refractivity contribution is 5.74. The van der Waals surface area contributed by atoms with E-state index in [1.54, 1.807) is 97.1 Å². The van der Waals surface area contributed by atoms with Gasteiger partial charge in [0, 0.05) is 16.5 Å². The third-order valence-electron chi connectivity index (χ3n) is 13.8. The van der Waals surface area contributed by atoms with Crippen LogP contribution in [0.1, 0.15) is 23.6 Å². The number of hydrogen-bond acceptors (Lipinski definition) is 12. The van der Waals surface area contributed by atoms with E-state index >= 15 is 0 Å². The maximum Gasteiger partial charge on any atom is 0.123 e. The van der Waals surface area contributed by atoms with Gasteiger partial charge in [-0.05, 0) is 191 Å². The van der Waals surface area contributed by atoms with Crippen LogP contribution in [0.5, 0.6) is 69.0 Å². The zero-order valence-corrected chi connectivity index (χ0v) is 45.2. The van der Waals surface area contributed by atoms with Gasteiger partial charge in [-0.15, -0.1) is 0 Å². The molecule has 0 aromatic heterocycles. The Balaban J connectivity index is 1.02. The number of aromatic hydroxyl groups is 4. The lowest BCUT2D eigenvalue weighted by Gasteiger charge is -2.35. The van der Waals surface area contributed by atoms with Crippen LogP contribution in [0.3, 0.4) is 0 Å². The van der Waals surface area contributed by atoms with Crippen molar-refractivity contribution in [1.82, 2.24) is 0 Å². The summed E-state index contributed by atoms with van der Waals surface area (Å²) in [5, 5.41) is 39.1. The van der Waals surface area contributed by atoms with Gasteiger partial charge in [0.15, 0.2) is 0 Å². The SMILES string of the molecule is CC(c1ccc(-c2ccccc2)cc1)(c1cc(-c2ccc(OCCOc3ccc(O)cc3)cc2)ccc1OCCOc1ccc(O)cc1)c1cc(-c2ccc(OCCOc3ccc(O)cc3)cc2)ccc1OCCOc1ccc(O)cc1. The maximum absolute atomic E-state index is 9.92. The lowest BCUT2D eigenvalue weighted by atomic mass is 9.69. The quantitative estimate of drug-likeness (QED) is 0.0301. The Hall–Kier alpha value is -10.2. The van der Waals surface area contributed by atoms with Gasteiger partial charge in [-0.2, -0.15) is 0 Å². The normalized spacial score (nSPS) is 11.1. The van der Waals surface area contributed by atoms with Crippen LogP contribution in [0.2, 0.25) is 0 Å².